The van der Waals surface area contributed by atoms with Crippen molar-refractivity contribution in [3.05, 3.63) is 22.0 Å². The lowest BCUT2D eigenvalue weighted by atomic mass is 10.3. The Kier molecular flexibility index (Phi) is 2.49. The molecule has 1 heterocycles. The quantitative estimate of drug-likeness (QED) is 0.644. The van der Waals surface area contributed by atoms with Crippen molar-refractivity contribution < 1.29 is 9.90 Å². The topological polar surface area (TPSA) is 83.0 Å². The van der Waals surface area contributed by atoms with Crippen LogP contribution < -0.4 is 5.56 Å². The maximum absolute atomic E-state index is 10.8. The van der Waals surface area contributed by atoms with Crippen molar-refractivity contribution in [2.45, 2.75) is 5.03 Å². The predicted octanol–water partition coefficient (Wildman–Crippen LogP) is 0.190. The summed E-state index contributed by atoms with van der Waals surface area (Å²) < 4.78 is 0. The van der Waals surface area contributed by atoms with Crippen LogP contribution in [0, 0.1) is 0 Å². The number of nitrogens with zero attached hydrogens (tertiary/aromatic N) is 1. The average molecular weight is 186 g/mol. The first-order chi connectivity index (χ1) is 5.65. The van der Waals surface area contributed by atoms with E-state index in [0.29, 0.717) is 5.03 Å². The van der Waals surface area contributed by atoms with Crippen molar-refractivity contribution in [2.24, 2.45) is 0 Å². The van der Waals surface area contributed by atoms with Gasteiger partial charge >= 0.3 is 5.97 Å². The van der Waals surface area contributed by atoms with Crippen molar-refractivity contribution in [2.75, 3.05) is 6.26 Å². The fraction of sp³-hybridized carbons (Fsp3) is 0.167. The SMILES string of the molecule is CSc1cc(C(=O)O)c(=O)[nH]n1. The lowest BCUT2D eigenvalue weighted by molar-refractivity contribution is 0.0694. The molecule has 1 aromatic rings. The van der Waals surface area contributed by atoms with Crippen LogP contribution >= 0.6 is 11.8 Å². The van der Waals surface area contributed by atoms with Crippen LogP contribution in [-0.4, -0.2) is 27.5 Å². The molecule has 0 spiro atoms. The highest BCUT2D eigenvalue weighted by Gasteiger charge is 2.09. The molecule has 2 N–H and O–H groups in total. The summed E-state index contributed by atoms with van der Waals surface area (Å²) in [5.74, 6) is -1.24. The van der Waals surface area contributed by atoms with E-state index in [9.17, 15) is 9.59 Å². The molecule has 1 rings (SSSR count). The molecule has 0 aromatic carbocycles. The monoisotopic (exact) mass is 186 g/mol. The molecule has 0 saturated carbocycles. The van der Waals surface area contributed by atoms with E-state index in [2.05, 4.69) is 10.2 Å². The summed E-state index contributed by atoms with van der Waals surface area (Å²) in [5, 5.41) is 14.7. The van der Waals surface area contributed by atoms with Crippen molar-refractivity contribution >= 4 is 17.7 Å². The van der Waals surface area contributed by atoms with Gasteiger partial charge in [0.15, 0.2) is 0 Å². The fourth-order valence-corrected chi connectivity index (χ4v) is 1.02. The Hall–Kier alpha value is -1.30. The minimum atomic E-state index is -1.24. The van der Waals surface area contributed by atoms with Gasteiger partial charge in [-0.2, -0.15) is 5.10 Å². The molecule has 0 atom stereocenters. The molecule has 0 unspecified atom stereocenters. The van der Waals surface area contributed by atoms with Gasteiger partial charge in [-0.25, -0.2) is 9.89 Å². The van der Waals surface area contributed by atoms with Crippen LogP contribution in [0.15, 0.2) is 15.9 Å². The number of H-pyrrole nitrogens is 1. The molecular weight excluding hydrogens is 180 g/mol. The minimum Gasteiger partial charge on any atom is -0.477 e. The lowest BCUT2D eigenvalue weighted by Crippen LogP contribution is -2.18. The van der Waals surface area contributed by atoms with Gasteiger partial charge in [0.05, 0.1) is 0 Å². The lowest BCUT2D eigenvalue weighted by Gasteiger charge is -1.95. The van der Waals surface area contributed by atoms with Crippen molar-refractivity contribution in [1.29, 1.82) is 0 Å². The first kappa shape index (κ1) is 8.79. The van der Waals surface area contributed by atoms with Gasteiger partial charge in [0, 0.05) is 0 Å². The number of hydrogen-bond donors (Lipinski definition) is 2. The number of carboxylic acid groups (broad SMARTS) is 1. The minimum absolute atomic E-state index is 0.283. The van der Waals surface area contributed by atoms with Crippen LogP contribution in [0.4, 0.5) is 0 Å². The third kappa shape index (κ3) is 1.65. The summed E-state index contributed by atoms with van der Waals surface area (Å²) in [4.78, 5) is 21.3. The van der Waals surface area contributed by atoms with E-state index in [4.69, 9.17) is 5.11 Å². The Labute approximate surface area is 71.8 Å². The highest BCUT2D eigenvalue weighted by molar-refractivity contribution is 7.98. The standard InChI is InChI=1S/C6H6N2O3S/c1-12-4-2-3(6(10)11)5(9)8-7-4/h2H,1H3,(H,8,9)(H,10,11). The van der Waals surface area contributed by atoms with Gasteiger partial charge in [0.2, 0.25) is 0 Å². The highest BCUT2D eigenvalue weighted by atomic mass is 32.2. The third-order valence-corrected chi connectivity index (χ3v) is 1.85. The number of thioether (sulfide) groups is 1. The van der Waals surface area contributed by atoms with E-state index in [1.54, 1.807) is 6.26 Å². The Morgan fingerprint density at radius 1 is 1.75 bits per heavy atom. The van der Waals surface area contributed by atoms with Crippen molar-refractivity contribution in [1.82, 2.24) is 10.2 Å². The average Bonchev–Trinajstić information content (AvgIpc) is 2.05. The van der Waals surface area contributed by atoms with E-state index in [1.165, 1.54) is 17.8 Å². The summed E-state index contributed by atoms with van der Waals surface area (Å²) in [6.07, 6.45) is 1.74. The van der Waals surface area contributed by atoms with E-state index in [-0.39, 0.29) is 5.56 Å². The van der Waals surface area contributed by atoms with Crippen LogP contribution in [0.25, 0.3) is 0 Å². The zero-order chi connectivity index (χ0) is 9.14. The van der Waals surface area contributed by atoms with Crippen molar-refractivity contribution in [3.8, 4) is 0 Å². The Morgan fingerprint density at radius 3 is 2.92 bits per heavy atom. The molecule has 0 aliphatic carbocycles. The second-order valence-corrected chi connectivity index (χ2v) is 2.78. The van der Waals surface area contributed by atoms with Gasteiger partial charge in [-0.15, -0.1) is 11.8 Å². The molecule has 0 bridgehead atoms. The molecule has 0 aliphatic heterocycles. The Morgan fingerprint density at radius 2 is 2.42 bits per heavy atom. The number of carbonyl (C=O) groups is 1. The largest absolute Gasteiger partial charge is 0.477 e. The van der Waals surface area contributed by atoms with Crippen LogP contribution in [0.1, 0.15) is 10.4 Å². The zero-order valence-electron chi connectivity index (χ0n) is 6.20. The van der Waals surface area contributed by atoms with Gasteiger partial charge in [-0.05, 0) is 12.3 Å². The first-order valence-corrected chi connectivity index (χ1v) is 4.24. The first-order valence-electron chi connectivity index (χ1n) is 3.02. The van der Waals surface area contributed by atoms with Crippen LogP contribution in [-0.2, 0) is 0 Å². The van der Waals surface area contributed by atoms with Crippen molar-refractivity contribution in [3.63, 3.8) is 0 Å². The Balaban J connectivity index is 3.26. The molecule has 5 nitrogen and oxygen atoms in total. The van der Waals surface area contributed by atoms with E-state index in [0.717, 1.165) is 0 Å². The van der Waals surface area contributed by atoms with E-state index in [1.807, 2.05) is 0 Å². The smallest absolute Gasteiger partial charge is 0.341 e. The molecule has 1 aromatic heterocycles. The van der Waals surface area contributed by atoms with E-state index < -0.39 is 11.5 Å². The molecule has 6 heteroatoms. The molecule has 12 heavy (non-hydrogen) atoms. The second kappa shape index (κ2) is 3.40. The number of rotatable bonds is 2. The molecule has 0 amide bonds. The zero-order valence-corrected chi connectivity index (χ0v) is 7.01. The summed E-state index contributed by atoms with van der Waals surface area (Å²) in [5.41, 5.74) is -0.963. The van der Waals surface area contributed by atoms with E-state index >= 15 is 0 Å². The maximum atomic E-state index is 10.8. The van der Waals surface area contributed by atoms with Gasteiger partial charge in [0.25, 0.3) is 5.56 Å². The number of aromatic amines is 1. The molecular formula is C6H6N2O3S. The molecule has 0 radical (unpaired) electrons. The van der Waals surface area contributed by atoms with Gasteiger partial charge in [-0.3, -0.25) is 4.79 Å². The van der Waals surface area contributed by atoms with Crippen LogP contribution in [0.5, 0.6) is 0 Å². The number of aromatic carboxylic acids is 1. The predicted molar refractivity (Wildman–Crippen MR) is 43.6 cm³/mol. The molecule has 64 valence electrons. The number of aromatic nitrogens is 2. The maximum Gasteiger partial charge on any atom is 0.341 e. The van der Waals surface area contributed by atoms with Crippen LogP contribution in [0.3, 0.4) is 0 Å². The van der Waals surface area contributed by atoms with Gasteiger partial charge < -0.3 is 5.11 Å². The third-order valence-electron chi connectivity index (χ3n) is 1.22. The normalized spacial score (nSPS) is 9.75. The van der Waals surface area contributed by atoms with Crippen LogP contribution in [0.2, 0.25) is 0 Å². The number of nitrogens with one attached hydrogen (secondary N) is 1. The molecule has 0 saturated heterocycles. The Bertz CT molecular complexity index is 360. The molecule has 0 aliphatic rings. The second-order valence-electron chi connectivity index (χ2n) is 1.96. The summed E-state index contributed by atoms with van der Waals surface area (Å²) >= 11 is 1.26. The fourth-order valence-electron chi connectivity index (χ4n) is 0.651. The van der Waals surface area contributed by atoms with Gasteiger partial charge in [0.1, 0.15) is 10.6 Å². The highest BCUT2D eigenvalue weighted by Crippen LogP contribution is 2.08. The van der Waals surface area contributed by atoms with Gasteiger partial charge in [-0.1, -0.05) is 0 Å². The summed E-state index contributed by atoms with van der Waals surface area (Å²) in [6, 6.07) is 1.24. The number of hydrogen-bond acceptors (Lipinski definition) is 4. The molecule has 0 fully saturated rings. The summed E-state index contributed by atoms with van der Waals surface area (Å²) in [7, 11) is 0. The number of carboxylic acids is 1. The summed E-state index contributed by atoms with van der Waals surface area (Å²) in [6.45, 7) is 0.